The number of carbonyl (C=O) groups excluding carboxylic acids is 1. The smallest absolute Gasteiger partial charge is 0.257 e. The van der Waals surface area contributed by atoms with Gasteiger partial charge in [0.2, 0.25) is 10.0 Å². The summed E-state index contributed by atoms with van der Waals surface area (Å²) in [7, 11) is 0.113. The van der Waals surface area contributed by atoms with Crippen LogP contribution in [-0.4, -0.2) is 50.8 Å². The Labute approximate surface area is 164 Å². The van der Waals surface area contributed by atoms with Crippen molar-refractivity contribution >= 4 is 39.0 Å². The first-order valence-corrected chi connectivity index (χ1v) is 10.4. The van der Waals surface area contributed by atoms with Gasteiger partial charge in [-0.2, -0.15) is 4.31 Å². The van der Waals surface area contributed by atoms with E-state index >= 15 is 0 Å². The molecule has 1 aromatic carbocycles. The highest BCUT2D eigenvalue weighted by Crippen LogP contribution is 2.26. The first kappa shape index (κ1) is 19.6. The summed E-state index contributed by atoms with van der Waals surface area (Å²) in [6, 6.07) is 7.68. The molecular formula is C18H21ClN4O3S. The molecule has 0 spiro atoms. The molecule has 0 unspecified atom stereocenters. The number of amides is 1. The van der Waals surface area contributed by atoms with Gasteiger partial charge in [-0.05, 0) is 43.2 Å². The quantitative estimate of drug-likeness (QED) is 0.822. The van der Waals surface area contributed by atoms with Crippen LogP contribution in [0.4, 0.5) is 11.5 Å². The van der Waals surface area contributed by atoms with E-state index in [0.717, 1.165) is 18.7 Å². The number of halogens is 1. The van der Waals surface area contributed by atoms with Crippen LogP contribution in [0.15, 0.2) is 41.4 Å². The van der Waals surface area contributed by atoms with Gasteiger partial charge in [0.05, 0.1) is 27.4 Å². The number of rotatable bonds is 5. The molecule has 2 aromatic rings. The van der Waals surface area contributed by atoms with E-state index in [0.29, 0.717) is 18.8 Å². The summed E-state index contributed by atoms with van der Waals surface area (Å²) in [6.45, 7) is 0.993. The maximum atomic E-state index is 12.7. The second kappa shape index (κ2) is 7.84. The van der Waals surface area contributed by atoms with Crippen molar-refractivity contribution in [1.29, 1.82) is 0 Å². The van der Waals surface area contributed by atoms with Crippen molar-refractivity contribution in [2.45, 2.75) is 17.7 Å². The van der Waals surface area contributed by atoms with Gasteiger partial charge >= 0.3 is 0 Å². The van der Waals surface area contributed by atoms with E-state index in [9.17, 15) is 13.2 Å². The molecule has 1 fully saturated rings. The van der Waals surface area contributed by atoms with E-state index in [1.54, 1.807) is 12.1 Å². The SMILES string of the molecule is CN(C)c1ccc(NC(=O)c2cc(S(=O)(=O)N3CCCC3)ccc2Cl)cn1. The third-order valence-electron chi connectivity index (χ3n) is 4.35. The normalized spacial score (nSPS) is 14.9. The number of benzene rings is 1. The average Bonchev–Trinajstić information content (AvgIpc) is 3.18. The van der Waals surface area contributed by atoms with Gasteiger partial charge in [0, 0.05) is 27.2 Å². The number of carbonyl (C=O) groups is 1. The number of aromatic nitrogens is 1. The molecule has 1 aliphatic heterocycles. The molecule has 1 amide bonds. The number of nitrogens with zero attached hydrogens (tertiary/aromatic N) is 3. The van der Waals surface area contributed by atoms with E-state index in [1.165, 1.54) is 28.7 Å². The molecule has 0 atom stereocenters. The Morgan fingerprint density at radius 2 is 1.89 bits per heavy atom. The van der Waals surface area contributed by atoms with Crippen LogP contribution in [0.2, 0.25) is 5.02 Å². The first-order chi connectivity index (χ1) is 12.8. The fourth-order valence-electron chi connectivity index (χ4n) is 2.84. The molecule has 7 nitrogen and oxygen atoms in total. The lowest BCUT2D eigenvalue weighted by atomic mass is 10.2. The molecule has 1 saturated heterocycles. The Bertz CT molecular complexity index is 940. The van der Waals surface area contributed by atoms with Gasteiger partial charge in [-0.1, -0.05) is 11.6 Å². The van der Waals surface area contributed by atoms with Crippen molar-refractivity contribution in [2.75, 3.05) is 37.4 Å². The first-order valence-electron chi connectivity index (χ1n) is 8.53. The Balaban J connectivity index is 1.84. The lowest BCUT2D eigenvalue weighted by Gasteiger charge is -2.16. The van der Waals surface area contributed by atoms with Gasteiger partial charge in [-0.15, -0.1) is 0 Å². The van der Waals surface area contributed by atoms with Crippen LogP contribution >= 0.6 is 11.6 Å². The highest BCUT2D eigenvalue weighted by atomic mass is 35.5. The van der Waals surface area contributed by atoms with Crippen LogP contribution < -0.4 is 10.2 Å². The lowest BCUT2D eigenvalue weighted by molar-refractivity contribution is 0.102. The number of anilines is 2. The molecule has 9 heteroatoms. The van der Waals surface area contributed by atoms with Gasteiger partial charge in [-0.25, -0.2) is 13.4 Å². The minimum atomic E-state index is -3.62. The van der Waals surface area contributed by atoms with E-state index in [2.05, 4.69) is 10.3 Å². The molecule has 1 N–H and O–H groups in total. The fraction of sp³-hybridized carbons (Fsp3) is 0.333. The zero-order chi connectivity index (χ0) is 19.6. The second-order valence-corrected chi connectivity index (χ2v) is 8.85. The van der Waals surface area contributed by atoms with E-state index < -0.39 is 15.9 Å². The molecule has 0 bridgehead atoms. The number of sulfonamides is 1. The molecule has 144 valence electrons. The predicted molar refractivity (Wildman–Crippen MR) is 106 cm³/mol. The van der Waals surface area contributed by atoms with Gasteiger partial charge in [0.25, 0.3) is 5.91 Å². The Morgan fingerprint density at radius 1 is 1.19 bits per heavy atom. The van der Waals surface area contributed by atoms with Gasteiger partial charge in [-0.3, -0.25) is 4.79 Å². The maximum Gasteiger partial charge on any atom is 0.257 e. The lowest BCUT2D eigenvalue weighted by Crippen LogP contribution is -2.28. The number of hydrogen-bond acceptors (Lipinski definition) is 5. The minimum absolute atomic E-state index is 0.0695. The Kier molecular flexibility index (Phi) is 5.69. The van der Waals surface area contributed by atoms with Crippen LogP contribution in [0.3, 0.4) is 0 Å². The summed E-state index contributed by atoms with van der Waals surface area (Å²) in [5.41, 5.74) is 0.600. The third-order valence-corrected chi connectivity index (χ3v) is 6.57. The Hall–Kier alpha value is -2.16. The summed E-state index contributed by atoms with van der Waals surface area (Å²) in [5, 5.41) is 2.89. The molecule has 27 heavy (non-hydrogen) atoms. The summed E-state index contributed by atoms with van der Waals surface area (Å²) in [5.74, 6) is 0.266. The van der Waals surface area contributed by atoms with Crippen LogP contribution in [0.5, 0.6) is 0 Å². The van der Waals surface area contributed by atoms with Crippen molar-refractivity contribution in [2.24, 2.45) is 0 Å². The fourth-order valence-corrected chi connectivity index (χ4v) is 4.59. The average molecular weight is 409 g/mol. The molecule has 1 aliphatic rings. The van der Waals surface area contributed by atoms with Crippen molar-refractivity contribution in [1.82, 2.24) is 9.29 Å². The minimum Gasteiger partial charge on any atom is -0.363 e. The molecule has 1 aromatic heterocycles. The zero-order valence-electron chi connectivity index (χ0n) is 15.1. The summed E-state index contributed by atoms with van der Waals surface area (Å²) >= 11 is 6.14. The molecule has 0 saturated carbocycles. The number of nitrogens with one attached hydrogen (secondary N) is 1. The molecule has 0 radical (unpaired) electrons. The van der Waals surface area contributed by atoms with Gasteiger partial charge < -0.3 is 10.2 Å². The van der Waals surface area contributed by atoms with Gasteiger partial charge in [0.1, 0.15) is 5.82 Å². The van der Waals surface area contributed by atoms with Crippen LogP contribution in [0, 0.1) is 0 Å². The standard InChI is InChI=1S/C18H21ClN4O3S/c1-22(2)17-8-5-13(12-20-17)21-18(24)15-11-14(6-7-16(15)19)27(25,26)23-9-3-4-10-23/h5-8,11-12H,3-4,9-10H2,1-2H3,(H,21,24). The van der Waals surface area contributed by atoms with Crippen LogP contribution in [0.25, 0.3) is 0 Å². The third kappa shape index (κ3) is 4.23. The summed E-state index contributed by atoms with van der Waals surface area (Å²) < 4.78 is 26.9. The predicted octanol–water partition coefficient (Wildman–Crippen LogP) is 2.84. The maximum absolute atomic E-state index is 12.7. The van der Waals surface area contributed by atoms with Crippen molar-refractivity contribution in [3.8, 4) is 0 Å². The molecule has 3 rings (SSSR count). The molecule has 0 aliphatic carbocycles. The number of hydrogen-bond donors (Lipinski definition) is 1. The van der Waals surface area contributed by atoms with Crippen molar-refractivity contribution < 1.29 is 13.2 Å². The monoisotopic (exact) mass is 408 g/mol. The Morgan fingerprint density at radius 3 is 2.48 bits per heavy atom. The van der Waals surface area contributed by atoms with Crippen molar-refractivity contribution in [3.05, 3.63) is 47.1 Å². The summed E-state index contributed by atoms with van der Waals surface area (Å²) in [4.78, 5) is 18.8. The largest absolute Gasteiger partial charge is 0.363 e. The highest BCUT2D eigenvalue weighted by molar-refractivity contribution is 7.89. The topological polar surface area (TPSA) is 82.6 Å². The zero-order valence-corrected chi connectivity index (χ0v) is 16.7. The van der Waals surface area contributed by atoms with E-state index in [4.69, 9.17) is 11.6 Å². The van der Waals surface area contributed by atoms with Gasteiger partial charge in [0.15, 0.2) is 0 Å². The van der Waals surface area contributed by atoms with Crippen LogP contribution in [-0.2, 0) is 10.0 Å². The van der Waals surface area contributed by atoms with E-state index in [-0.39, 0.29) is 15.5 Å². The van der Waals surface area contributed by atoms with Crippen molar-refractivity contribution in [3.63, 3.8) is 0 Å². The highest BCUT2D eigenvalue weighted by Gasteiger charge is 2.28. The van der Waals surface area contributed by atoms with E-state index in [1.807, 2.05) is 19.0 Å². The molecule has 2 heterocycles. The summed E-state index contributed by atoms with van der Waals surface area (Å²) in [6.07, 6.45) is 3.22. The number of pyridine rings is 1. The molecular weight excluding hydrogens is 388 g/mol. The van der Waals surface area contributed by atoms with Crippen LogP contribution in [0.1, 0.15) is 23.2 Å². The second-order valence-electron chi connectivity index (χ2n) is 6.51.